The Morgan fingerprint density at radius 1 is 0.969 bits per heavy atom. The number of allylic oxidation sites excluding steroid dienone is 2. The van der Waals surface area contributed by atoms with Crippen molar-refractivity contribution in [2.24, 2.45) is 0 Å². The summed E-state index contributed by atoms with van der Waals surface area (Å²) in [5, 5.41) is -1.90. The van der Waals surface area contributed by atoms with Crippen LogP contribution in [0.25, 0.3) is 0 Å². The van der Waals surface area contributed by atoms with Gasteiger partial charge in [0, 0.05) is 6.42 Å². The first-order valence-corrected chi connectivity index (χ1v) is 12.9. The minimum atomic E-state index is -4.96. The first-order chi connectivity index (χ1) is 14.8. The number of imide groups is 1. The van der Waals surface area contributed by atoms with Gasteiger partial charge in [0.05, 0.1) is 6.42 Å². The topological polar surface area (TPSA) is 121 Å². The Morgan fingerprint density at radius 3 is 1.97 bits per heavy atom. The smallest absolute Gasteiger partial charge is 0.747 e. The van der Waals surface area contributed by atoms with E-state index < -0.39 is 39.6 Å². The third-order valence-corrected chi connectivity index (χ3v) is 6.31. The molecule has 1 fully saturated rings. The molecule has 0 N–H and O–H groups in total. The standard InChI is InChI=1S/C22H37NO7S.Na/c1-2-3-4-5-6-7-8-9-10-11-12-13-14-15-16-17-21(25)30-23-20(24)18-19(22(23)26)31(27,28)29;/h9-10,19H,2-8,11-18H2,1H3,(H,27,28,29);/q;+1/p-1/b10-9+;. The molecule has 1 aliphatic rings. The Morgan fingerprint density at radius 2 is 1.47 bits per heavy atom. The van der Waals surface area contributed by atoms with Gasteiger partial charge < -0.3 is 9.39 Å². The maximum atomic E-state index is 11.8. The molecule has 2 amide bonds. The van der Waals surface area contributed by atoms with Crippen LogP contribution in [0.2, 0.25) is 0 Å². The zero-order valence-electron chi connectivity index (χ0n) is 19.6. The fraction of sp³-hybridized carbons (Fsp3) is 0.773. The van der Waals surface area contributed by atoms with Gasteiger partial charge in [0.2, 0.25) is 0 Å². The molecule has 1 unspecified atom stereocenters. The zero-order chi connectivity index (χ0) is 23.1. The molecule has 1 rings (SSSR count). The first-order valence-electron chi connectivity index (χ1n) is 11.4. The Bertz CT molecular complexity index is 709. The summed E-state index contributed by atoms with van der Waals surface area (Å²) in [6.07, 6.45) is 18.3. The summed E-state index contributed by atoms with van der Waals surface area (Å²) in [5.41, 5.74) is 0. The summed E-state index contributed by atoms with van der Waals surface area (Å²) in [6, 6.07) is 0. The Balaban J connectivity index is 0.00000961. The molecule has 10 heteroatoms. The fourth-order valence-corrected chi connectivity index (χ4v) is 4.08. The van der Waals surface area contributed by atoms with Gasteiger partial charge in [-0.05, 0) is 32.1 Å². The Labute approximate surface area is 214 Å². The van der Waals surface area contributed by atoms with Crippen molar-refractivity contribution >= 4 is 27.9 Å². The SMILES string of the molecule is CCCCCCCC/C=C/CCCCCCCC(=O)ON1C(=O)CC(S(=O)(=O)[O-])C1=O.[Na+]. The molecule has 0 aromatic heterocycles. The normalized spacial score (nSPS) is 16.6. The third kappa shape index (κ3) is 13.1. The van der Waals surface area contributed by atoms with Crippen LogP contribution in [0.3, 0.4) is 0 Å². The van der Waals surface area contributed by atoms with E-state index in [0.717, 1.165) is 38.5 Å². The quantitative estimate of drug-likeness (QED) is 0.100. The molecule has 0 aromatic rings. The van der Waals surface area contributed by atoms with E-state index >= 15 is 0 Å². The number of rotatable bonds is 17. The van der Waals surface area contributed by atoms with E-state index in [1.54, 1.807) is 0 Å². The van der Waals surface area contributed by atoms with Crippen LogP contribution < -0.4 is 29.6 Å². The van der Waals surface area contributed by atoms with E-state index in [-0.39, 0.29) is 41.0 Å². The van der Waals surface area contributed by atoms with E-state index in [9.17, 15) is 27.4 Å². The fourth-order valence-electron chi connectivity index (χ4n) is 3.39. The molecule has 0 saturated carbocycles. The van der Waals surface area contributed by atoms with E-state index in [2.05, 4.69) is 23.9 Å². The van der Waals surface area contributed by atoms with Crippen molar-refractivity contribution in [3.05, 3.63) is 12.2 Å². The molecule has 0 aliphatic carbocycles. The maximum absolute atomic E-state index is 11.8. The number of carbonyl (C=O) groups excluding carboxylic acids is 3. The largest absolute Gasteiger partial charge is 1.00 e. The van der Waals surface area contributed by atoms with E-state index in [1.165, 1.54) is 38.5 Å². The second kappa shape index (κ2) is 17.7. The van der Waals surface area contributed by atoms with Crippen molar-refractivity contribution in [3.63, 3.8) is 0 Å². The second-order valence-electron chi connectivity index (χ2n) is 8.01. The van der Waals surface area contributed by atoms with Crippen molar-refractivity contribution in [1.82, 2.24) is 5.06 Å². The van der Waals surface area contributed by atoms with E-state index in [4.69, 9.17) is 0 Å². The van der Waals surface area contributed by atoms with Gasteiger partial charge in [0.15, 0.2) is 0 Å². The molecule has 8 nitrogen and oxygen atoms in total. The number of unbranched alkanes of at least 4 members (excludes halogenated alkanes) is 11. The summed E-state index contributed by atoms with van der Waals surface area (Å²) in [6.45, 7) is 2.23. The molecule has 32 heavy (non-hydrogen) atoms. The first kappa shape index (κ1) is 31.3. The van der Waals surface area contributed by atoms with Crippen LogP contribution in [-0.4, -0.2) is 41.1 Å². The minimum absolute atomic E-state index is 0. The number of hydrogen-bond donors (Lipinski definition) is 0. The Kier molecular flexibility index (Phi) is 17.3. The van der Waals surface area contributed by atoms with Gasteiger partial charge >= 0.3 is 35.5 Å². The molecule has 1 heterocycles. The molecule has 0 bridgehead atoms. The summed E-state index contributed by atoms with van der Waals surface area (Å²) in [5.74, 6) is -3.08. The molecule has 0 radical (unpaired) electrons. The van der Waals surface area contributed by atoms with Crippen molar-refractivity contribution in [3.8, 4) is 0 Å². The van der Waals surface area contributed by atoms with Crippen LogP contribution in [0.1, 0.15) is 103 Å². The minimum Gasteiger partial charge on any atom is -0.747 e. The number of hydrogen-bond acceptors (Lipinski definition) is 7. The molecule has 0 aromatic carbocycles. The molecule has 1 aliphatic heterocycles. The maximum Gasteiger partial charge on any atom is 1.00 e. The van der Waals surface area contributed by atoms with Gasteiger partial charge in [-0.3, -0.25) is 9.59 Å². The molecule has 1 saturated heterocycles. The summed E-state index contributed by atoms with van der Waals surface area (Å²) in [4.78, 5) is 39.8. The number of hydroxylamine groups is 2. The van der Waals surface area contributed by atoms with Crippen molar-refractivity contribution in [1.29, 1.82) is 0 Å². The number of nitrogens with zero attached hydrogens (tertiary/aromatic N) is 1. The van der Waals surface area contributed by atoms with Crippen molar-refractivity contribution in [2.75, 3.05) is 0 Å². The molecular weight excluding hydrogens is 445 g/mol. The van der Waals surface area contributed by atoms with Gasteiger partial charge in [0.25, 0.3) is 11.8 Å². The van der Waals surface area contributed by atoms with Crippen LogP contribution in [0.15, 0.2) is 12.2 Å². The zero-order valence-corrected chi connectivity index (χ0v) is 22.4. The third-order valence-electron chi connectivity index (χ3n) is 5.25. The van der Waals surface area contributed by atoms with Crippen molar-refractivity contribution in [2.45, 2.75) is 108 Å². The summed E-state index contributed by atoms with van der Waals surface area (Å²) < 4.78 is 32.8. The van der Waals surface area contributed by atoms with Gasteiger partial charge in [-0.2, -0.15) is 0 Å². The predicted octanol–water partition coefficient (Wildman–Crippen LogP) is 1.16. The van der Waals surface area contributed by atoms with Crippen LogP contribution in [0.5, 0.6) is 0 Å². The molecule has 1 atom stereocenters. The van der Waals surface area contributed by atoms with Gasteiger partial charge in [-0.25, -0.2) is 13.2 Å². The van der Waals surface area contributed by atoms with Crippen molar-refractivity contribution < 1.29 is 61.7 Å². The molecule has 0 spiro atoms. The Hall–Kier alpha value is -0.740. The van der Waals surface area contributed by atoms with Crippen LogP contribution in [0.4, 0.5) is 0 Å². The second-order valence-corrected chi connectivity index (χ2v) is 9.56. The summed E-state index contributed by atoms with van der Waals surface area (Å²) in [7, 11) is -4.96. The van der Waals surface area contributed by atoms with E-state index in [1.807, 2.05) is 0 Å². The monoisotopic (exact) mass is 481 g/mol. The van der Waals surface area contributed by atoms with Crippen LogP contribution in [-0.2, 0) is 29.3 Å². The number of amides is 2. The molecular formula is C22H36NNaO7S. The number of carbonyl (C=O) groups is 3. The van der Waals surface area contributed by atoms with Crippen LogP contribution in [0, 0.1) is 0 Å². The van der Waals surface area contributed by atoms with E-state index in [0.29, 0.717) is 6.42 Å². The van der Waals surface area contributed by atoms with Gasteiger partial charge in [-0.15, -0.1) is 5.06 Å². The average molecular weight is 482 g/mol. The van der Waals surface area contributed by atoms with Gasteiger partial charge in [0.1, 0.15) is 15.4 Å². The predicted molar refractivity (Wildman–Crippen MR) is 115 cm³/mol. The average Bonchev–Trinajstić information content (AvgIpc) is 2.99. The molecule has 178 valence electrons. The van der Waals surface area contributed by atoms with Crippen LogP contribution >= 0.6 is 0 Å². The van der Waals surface area contributed by atoms with Gasteiger partial charge in [-0.1, -0.05) is 70.4 Å². The summed E-state index contributed by atoms with van der Waals surface area (Å²) >= 11 is 0.